The van der Waals surface area contributed by atoms with Crippen molar-refractivity contribution >= 4 is 5.91 Å². The van der Waals surface area contributed by atoms with Gasteiger partial charge in [-0.25, -0.2) is 0 Å². The normalized spacial score (nSPS) is 13.3. The second-order valence-corrected chi connectivity index (χ2v) is 2.53. The van der Waals surface area contributed by atoms with E-state index in [0.717, 1.165) is 0 Å². The quantitative estimate of drug-likeness (QED) is 0.599. The molecule has 0 saturated heterocycles. The summed E-state index contributed by atoms with van der Waals surface area (Å²) in [7, 11) is 0. The van der Waals surface area contributed by atoms with Crippen LogP contribution in [0.4, 0.5) is 0 Å². The lowest BCUT2D eigenvalue weighted by Crippen LogP contribution is -2.34. The maximum atomic E-state index is 10.4. The van der Waals surface area contributed by atoms with Crippen LogP contribution in [0.3, 0.4) is 0 Å². The van der Waals surface area contributed by atoms with Crippen LogP contribution in [0.25, 0.3) is 0 Å². The maximum absolute atomic E-state index is 10.4. The summed E-state index contributed by atoms with van der Waals surface area (Å²) in [6.07, 6.45) is -0.0284. The van der Waals surface area contributed by atoms with Crippen molar-refractivity contribution in [2.24, 2.45) is 0 Å². The Hall–Kier alpha value is -0.570. The highest BCUT2D eigenvalue weighted by atomic mass is 16.5. The Balaban J connectivity index is 3.43. The third kappa shape index (κ3) is 5.56. The largest absolute Gasteiger partial charge is 0.356 e. The molecule has 3 nitrogen and oxygen atoms in total. The van der Waals surface area contributed by atoms with Gasteiger partial charge in [0.2, 0.25) is 5.91 Å². The van der Waals surface area contributed by atoms with Crippen LogP contribution in [0.1, 0.15) is 27.7 Å². The van der Waals surface area contributed by atoms with E-state index in [9.17, 15) is 4.79 Å². The first-order valence-electron chi connectivity index (χ1n) is 3.45. The molecule has 0 radical (unpaired) electrons. The molecular weight excluding hydrogens is 130 g/mol. The Morgan fingerprint density at radius 1 is 1.40 bits per heavy atom. The molecule has 10 heavy (non-hydrogen) atoms. The number of amides is 1. The smallest absolute Gasteiger partial charge is 0.218 e. The molecule has 60 valence electrons. The number of carbonyl (C=O) groups excluding carboxylic acids is 1. The fourth-order valence-electron chi connectivity index (χ4n) is 0.729. The lowest BCUT2D eigenvalue weighted by Gasteiger charge is -2.15. The van der Waals surface area contributed by atoms with Crippen LogP contribution in [0.15, 0.2) is 0 Å². The molecule has 0 aromatic carbocycles. The van der Waals surface area contributed by atoms with Gasteiger partial charge in [0.25, 0.3) is 0 Å². The van der Waals surface area contributed by atoms with Crippen LogP contribution in [0.5, 0.6) is 0 Å². The highest BCUT2D eigenvalue weighted by Gasteiger charge is 2.03. The van der Waals surface area contributed by atoms with Gasteiger partial charge >= 0.3 is 0 Å². The Morgan fingerprint density at radius 3 is 2.20 bits per heavy atom. The lowest BCUT2D eigenvalue weighted by atomic mass is 10.4. The van der Waals surface area contributed by atoms with Gasteiger partial charge in [-0.1, -0.05) is 0 Å². The van der Waals surface area contributed by atoms with E-state index in [0.29, 0.717) is 0 Å². The van der Waals surface area contributed by atoms with Crippen LogP contribution in [0.2, 0.25) is 0 Å². The SMILES string of the molecule is CC(=O)N[C@@H](C)OC(C)C. The molecule has 1 N–H and O–H groups in total. The van der Waals surface area contributed by atoms with Crippen LogP contribution >= 0.6 is 0 Å². The average Bonchev–Trinajstić information content (AvgIpc) is 1.58. The number of carbonyl (C=O) groups is 1. The lowest BCUT2D eigenvalue weighted by molar-refractivity contribution is -0.123. The van der Waals surface area contributed by atoms with Crippen molar-refractivity contribution in [2.45, 2.75) is 40.0 Å². The Kier molecular flexibility index (Phi) is 4.03. The predicted octanol–water partition coefficient (Wildman–Crippen LogP) is 0.893. The second-order valence-electron chi connectivity index (χ2n) is 2.53. The Morgan fingerprint density at radius 2 is 1.90 bits per heavy atom. The fraction of sp³-hybridized carbons (Fsp3) is 0.857. The minimum atomic E-state index is -0.183. The third-order valence-electron chi connectivity index (χ3n) is 0.883. The topological polar surface area (TPSA) is 38.3 Å². The summed E-state index contributed by atoms with van der Waals surface area (Å²) in [6, 6.07) is 0. The van der Waals surface area contributed by atoms with E-state index in [1.54, 1.807) is 6.92 Å². The molecule has 0 unspecified atom stereocenters. The molecule has 0 rings (SSSR count). The van der Waals surface area contributed by atoms with Gasteiger partial charge in [-0.2, -0.15) is 0 Å². The number of hydrogen-bond acceptors (Lipinski definition) is 2. The average molecular weight is 145 g/mol. The molecule has 0 saturated carbocycles. The molecule has 0 aliphatic carbocycles. The number of ether oxygens (including phenoxy) is 1. The minimum Gasteiger partial charge on any atom is -0.356 e. The zero-order valence-electron chi connectivity index (χ0n) is 6.97. The molecule has 0 aromatic rings. The Bertz CT molecular complexity index is 112. The van der Waals surface area contributed by atoms with Crippen molar-refractivity contribution < 1.29 is 9.53 Å². The van der Waals surface area contributed by atoms with Crippen LogP contribution < -0.4 is 5.32 Å². The second kappa shape index (κ2) is 4.28. The van der Waals surface area contributed by atoms with E-state index in [1.165, 1.54) is 6.92 Å². The van der Waals surface area contributed by atoms with Crippen LogP contribution in [-0.4, -0.2) is 18.2 Å². The summed E-state index contributed by atoms with van der Waals surface area (Å²) in [5.41, 5.74) is 0. The van der Waals surface area contributed by atoms with E-state index < -0.39 is 0 Å². The third-order valence-corrected chi connectivity index (χ3v) is 0.883. The van der Waals surface area contributed by atoms with E-state index >= 15 is 0 Å². The molecule has 0 aliphatic heterocycles. The van der Waals surface area contributed by atoms with E-state index in [-0.39, 0.29) is 18.2 Å². The fourth-order valence-corrected chi connectivity index (χ4v) is 0.729. The van der Waals surface area contributed by atoms with E-state index in [1.807, 2.05) is 13.8 Å². The van der Waals surface area contributed by atoms with Crippen molar-refractivity contribution in [2.75, 3.05) is 0 Å². The molecule has 0 bridgehead atoms. The van der Waals surface area contributed by atoms with Gasteiger partial charge in [0.1, 0.15) is 6.23 Å². The van der Waals surface area contributed by atoms with Gasteiger partial charge < -0.3 is 10.1 Å². The van der Waals surface area contributed by atoms with Crippen LogP contribution in [0, 0.1) is 0 Å². The van der Waals surface area contributed by atoms with Gasteiger partial charge in [-0.15, -0.1) is 0 Å². The highest BCUT2D eigenvalue weighted by molar-refractivity contribution is 5.72. The minimum absolute atomic E-state index is 0.0619. The Labute approximate surface area is 61.8 Å². The molecule has 0 fully saturated rings. The maximum Gasteiger partial charge on any atom is 0.218 e. The molecular formula is C7H15NO2. The predicted molar refractivity (Wildman–Crippen MR) is 39.5 cm³/mol. The first-order valence-corrected chi connectivity index (χ1v) is 3.45. The van der Waals surface area contributed by atoms with Crippen LogP contribution in [-0.2, 0) is 9.53 Å². The van der Waals surface area contributed by atoms with Crippen molar-refractivity contribution in [3.05, 3.63) is 0 Å². The number of hydrogen-bond donors (Lipinski definition) is 1. The first-order chi connectivity index (χ1) is 4.52. The summed E-state index contributed by atoms with van der Waals surface area (Å²) in [5.74, 6) is -0.0619. The standard InChI is InChI=1S/C7H15NO2/c1-5(2)10-7(4)8-6(3)9/h5,7H,1-4H3,(H,8,9)/t7-/m1/s1. The number of nitrogens with one attached hydrogen (secondary N) is 1. The van der Waals surface area contributed by atoms with Gasteiger partial charge in [0, 0.05) is 6.92 Å². The molecule has 1 atom stereocenters. The van der Waals surface area contributed by atoms with Gasteiger partial charge in [-0.05, 0) is 20.8 Å². The van der Waals surface area contributed by atoms with E-state index in [4.69, 9.17) is 4.74 Å². The van der Waals surface area contributed by atoms with Gasteiger partial charge in [-0.3, -0.25) is 4.79 Å². The molecule has 0 spiro atoms. The zero-order chi connectivity index (χ0) is 8.15. The first kappa shape index (κ1) is 9.43. The summed E-state index contributed by atoms with van der Waals surface area (Å²) >= 11 is 0. The van der Waals surface area contributed by atoms with Crippen molar-refractivity contribution in [1.82, 2.24) is 5.32 Å². The molecule has 3 heteroatoms. The van der Waals surface area contributed by atoms with Crippen molar-refractivity contribution in [1.29, 1.82) is 0 Å². The summed E-state index contributed by atoms with van der Waals surface area (Å²) < 4.78 is 5.23. The van der Waals surface area contributed by atoms with E-state index in [2.05, 4.69) is 5.32 Å². The molecule has 0 heterocycles. The molecule has 1 amide bonds. The summed E-state index contributed by atoms with van der Waals surface area (Å²) in [5, 5.41) is 2.61. The summed E-state index contributed by atoms with van der Waals surface area (Å²) in [6.45, 7) is 7.14. The highest BCUT2D eigenvalue weighted by Crippen LogP contribution is 1.92. The molecule has 0 aliphatic rings. The monoisotopic (exact) mass is 145 g/mol. The van der Waals surface area contributed by atoms with Gasteiger partial charge in [0.15, 0.2) is 0 Å². The number of rotatable bonds is 3. The van der Waals surface area contributed by atoms with Crippen molar-refractivity contribution in [3.63, 3.8) is 0 Å². The molecule has 0 aromatic heterocycles. The van der Waals surface area contributed by atoms with Crippen molar-refractivity contribution in [3.8, 4) is 0 Å². The zero-order valence-corrected chi connectivity index (χ0v) is 6.97. The summed E-state index contributed by atoms with van der Waals surface area (Å²) in [4.78, 5) is 10.4. The van der Waals surface area contributed by atoms with Gasteiger partial charge in [0.05, 0.1) is 6.10 Å².